The second-order valence-corrected chi connectivity index (χ2v) is 8.32. The Morgan fingerprint density at radius 3 is 2.58 bits per heavy atom. The van der Waals surface area contributed by atoms with Crippen LogP contribution in [0.15, 0.2) is 42.5 Å². The lowest BCUT2D eigenvalue weighted by atomic mass is 10.0. The van der Waals surface area contributed by atoms with E-state index >= 15 is 0 Å². The van der Waals surface area contributed by atoms with Crippen molar-refractivity contribution in [2.24, 2.45) is 0 Å². The van der Waals surface area contributed by atoms with E-state index in [2.05, 4.69) is 21.2 Å². The van der Waals surface area contributed by atoms with Crippen LogP contribution in [0.4, 0.5) is 14.5 Å². The number of amides is 1. The third-order valence-electron chi connectivity index (χ3n) is 6.28. The van der Waals surface area contributed by atoms with Crippen LogP contribution in [-0.4, -0.2) is 49.1 Å². The quantitative estimate of drug-likeness (QED) is 0.801. The highest BCUT2D eigenvalue weighted by Crippen LogP contribution is 2.27. The van der Waals surface area contributed by atoms with Crippen molar-refractivity contribution in [2.45, 2.75) is 37.8 Å². The predicted octanol–water partition coefficient (Wildman–Crippen LogP) is 3.24. The number of nitriles is 1. The Kier molecular flexibility index (Phi) is 6.47. The molecule has 162 valence electrons. The number of carbonyl (C=O) groups is 1. The molecule has 1 amide bonds. The number of nitrogens with zero attached hydrogens (tertiary/aromatic N) is 3. The van der Waals surface area contributed by atoms with Gasteiger partial charge >= 0.3 is 0 Å². The summed E-state index contributed by atoms with van der Waals surface area (Å²) in [5, 5.41) is 12.4. The molecule has 0 saturated carbocycles. The van der Waals surface area contributed by atoms with Crippen LogP contribution in [0, 0.1) is 23.0 Å². The first kappa shape index (κ1) is 21.3. The van der Waals surface area contributed by atoms with Crippen molar-refractivity contribution >= 4 is 11.6 Å². The Labute approximate surface area is 181 Å². The molecule has 7 heteroatoms. The molecule has 2 saturated heterocycles. The summed E-state index contributed by atoms with van der Waals surface area (Å²) in [7, 11) is 0. The summed E-state index contributed by atoms with van der Waals surface area (Å²) in [6, 6.07) is 14.1. The first-order valence-corrected chi connectivity index (χ1v) is 10.7. The second-order valence-electron chi connectivity index (χ2n) is 8.32. The Morgan fingerprint density at radius 2 is 1.84 bits per heavy atom. The van der Waals surface area contributed by atoms with Crippen molar-refractivity contribution < 1.29 is 13.6 Å². The van der Waals surface area contributed by atoms with E-state index < -0.39 is 11.6 Å². The molecule has 1 unspecified atom stereocenters. The molecule has 0 radical (unpaired) electrons. The van der Waals surface area contributed by atoms with Gasteiger partial charge in [-0.3, -0.25) is 9.69 Å². The van der Waals surface area contributed by atoms with Crippen molar-refractivity contribution in [2.75, 3.05) is 31.1 Å². The number of hydrogen-bond acceptors (Lipinski definition) is 4. The summed E-state index contributed by atoms with van der Waals surface area (Å²) < 4.78 is 26.4. The second kappa shape index (κ2) is 9.44. The van der Waals surface area contributed by atoms with Gasteiger partial charge in [0, 0.05) is 38.3 Å². The minimum absolute atomic E-state index is 0.0460. The van der Waals surface area contributed by atoms with Crippen LogP contribution in [-0.2, 0) is 11.2 Å². The maximum atomic E-state index is 13.3. The lowest BCUT2D eigenvalue weighted by Gasteiger charge is -2.38. The highest BCUT2D eigenvalue weighted by molar-refractivity contribution is 5.78. The van der Waals surface area contributed by atoms with E-state index in [0.29, 0.717) is 17.2 Å². The molecule has 31 heavy (non-hydrogen) atoms. The lowest BCUT2D eigenvalue weighted by Crippen LogP contribution is -2.46. The predicted molar refractivity (Wildman–Crippen MR) is 115 cm³/mol. The van der Waals surface area contributed by atoms with Crippen LogP contribution in [0.2, 0.25) is 0 Å². The summed E-state index contributed by atoms with van der Waals surface area (Å²) in [6.45, 7) is 3.57. The molecule has 0 bridgehead atoms. The zero-order valence-electron chi connectivity index (χ0n) is 17.4. The number of piperidine rings is 1. The van der Waals surface area contributed by atoms with Gasteiger partial charge in [0.25, 0.3) is 0 Å². The first-order valence-electron chi connectivity index (χ1n) is 10.7. The summed E-state index contributed by atoms with van der Waals surface area (Å²) in [6.07, 6.45) is 2.98. The monoisotopic (exact) mass is 424 g/mol. The van der Waals surface area contributed by atoms with Gasteiger partial charge in [0.05, 0.1) is 17.7 Å². The molecule has 0 aromatic heterocycles. The Hall–Kier alpha value is -2.98. The third-order valence-corrected chi connectivity index (χ3v) is 6.28. The van der Waals surface area contributed by atoms with Gasteiger partial charge in [-0.1, -0.05) is 18.2 Å². The molecule has 1 atom stereocenters. The summed E-state index contributed by atoms with van der Waals surface area (Å²) in [4.78, 5) is 17.1. The first-order chi connectivity index (χ1) is 15.0. The number of rotatable bonds is 5. The molecule has 2 fully saturated rings. The van der Waals surface area contributed by atoms with Gasteiger partial charge in [0.2, 0.25) is 5.91 Å². The van der Waals surface area contributed by atoms with E-state index in [1.165, 1.54) is 6.07 Å². The summed E-state index contributed by atoms with van der Waals surface area (Å²) >= 11 is 0. The third kappa shape index (κ3) is 5.02. The van der Waals surface area contributed by atoms with Crippen LogP contribution >= 0.6 is 0 Å². The number of carbonyl (C=O) groups excluding carboxylic acids is 1. The molecule has 5 nitrogen and oxygen atoms in total. The number of likely N-dealkylation sites (tertiary alicyclic amines) is 1. The molecule has 4 rings (SSSR count). The van der Waals surface area contributed by atoms with Crippen LogP contribution in [0.1, 0.15) is 30.4 Å². The van der Waals surface area contributed by atoms with E-state index in [-0.39, 0.29) is 18.4 Å². The lowest BCUT2D eigenvalue weighted by molar-refractivity contribution is -0.121. The van der Waals surface area contributed by atoms with Crippen molar-refractivity contribution in [3.63, 3.8) is 0 Å². The Morgan fingerprint density at radius 1 is 1.06 bits per heavy atom. The highest BCUT2D eigenvalue weighted by atomic mass is 19.2. The fourth-order valence-electron chi connectivity index (χ4n) is 4.67. The number of nitrogens with one attached hydrogen (secondary N) is 1. The molecule has 2 aliphatic heterocycles. The zero-order chi connectivity index (χ0) is 21.8. The molecular formula is C24H26F2N4O. The number of halogens is 2. The van der Waals surface area contributed by atoms with Gasteiger partial charge in [-0.15, -0.1) is 0 Å². The van der Waals surface area contributed by atoms with Crippen LogP contribution in [0.3, 0.4) is 0 Å². The number of hydrogen-bond donors (Lipinski definition) is 1. The molecule has 2 aromatic rings. The SMILES string of the molecule is N#Cc1ccccc1N1CCC(N2CCC(NC(=O)Cc3ccc(F)c(F)c3)C2)CC1. The fraction of sp³-hybridized carbons (Fsp3) is 0.417. The molecular weight excluding hydrogens is 398 g/mol. The van der Waals surface area contributed by atoms with Gasteiger partial charge in [-0.25, -0.2) is 8.78 Å². The molecule has 2 aromatic carbocycles. The normalized spacial score (nSPS) is 19.9. The summed E-state index contributed by atoms with van der Waals surface area (Å²) in [5.74, 6) is -2.00. The van der Waals surface area contributed by atoms with Crippen LogP contribution < -0.4 is 10.2 Å². The van der Waals surface area contributed by atoms with Crippen LogP contribution in [0.25, 0.3) is 0 Å². The average Bonchev–Trinajstić information content (AvgIpc) is 3.24. The smallest absolute Gasteiger partial charge is 0.224 e. The summed E-state index contributed by atoms with van der Waals surface area (Å²) in [5.41, 5.74) is 2.19. The molecule has 0 spiro atoms. The minimum Gasteiger partial charge on any atom is -0.370 e. The Bertz CT molecular complexity index is 982. The van der Waals surface area contributed by atoms with Crippen molar-refractivity contribution in [3.8, 4) is 6.07 Å². The van der Waals surface area contributed by atoms with Crippen molar-refractivity contribution in [3.05, 3.63) is 65.2 Å². The van der Waals surface area contributed by atoms with E-state index in [9.17, 15) is 18.8 Å². The van der Waals surface area contributed by atoms with Gasteiger partial charge in [0.1, 0.15) is 6.07 Å². The zero-order valence-corrected chi connectivity index (χ0v) is 17.4. The number of para-hydroxylation sites is 1. The van der Waals surface area contributed by atoms with Gasteiger partial charge < -0.3 is 10.2 Å². The molecule has 1 N–H and O–H groups in total. The minimum atomic E-state index is -0.930. The maximum absolute atomic E-state index is 13.3. The average molecular weight is 424 g/mol. The van der Waals surface area contributed by atoms with E-state index in [1.807, 2.05) is 24.3 Å². The number of benzene rings is 2. The fourth-order valence-corrected chi connectivity index (χ4v) is 4.67. The highest BCUT2D eigenvalue weighted by Gasteiger charge is 2.31. The topological polar surface area (TPSA) is 59.4 Å². The van der Waals surface area contributed by atoms with Crippen molar-refractivity contribution in [1.29, 1.82) is 5.26 Å². The standard InChI is InChI=1S/C24H26F2N4O/c25-21-6-5-17(13-22(21)26)14-24(31)28-19-7-10-30(16-19)20-8-11-29(12-9-20)23-4-2-1-3-18(23)15-27/h1-6,13,19-20H,7-12,14,16H2,(H,28,31). The van der Waals surface area contributed by atoms with E-state index in [4.69, 9.17) is 0 Å². The Balaban J connectivity index is 1.25. The van der Waals surface area contributed by atoms with Gasteiger partial charge in [0.15, 0.2) is 11.6 Å². The van der Waals surface area contributed by atoms with Gasteiger partial charge in [-0.05, 0) is 49.1 Å². The maximum Gasteiger partial charge on any atom is 0.224 e. The van der Waals surface area contributed by atoms with Crippen molar-refractivity contribution in [1.82, 2.24) is 10.2 Å². The van der Waals surface area contributed by atoms with E-state index in [0.717, 1.165) is 63.3 Å². The molecule has 0 aliphatic carbocycles. The molecule has 2 aliphatic rings. The van der Waals surface area contributed by atoms with Crippen LogP contribution in [0.5, 0.6) is 0 Å². The van der Waals surface area contributed by atoms with Gasteiger partial charge in [-0.2, -0.15) is 5.26 Å². The van der Waals surface area contributed by atoms with E-state index in [1.54, 1.807) is 0 Å². The number of anilines is 1. The molecule has 2 heterocycles. The largest absolute Gasteiger partial charge is 0.370 e.